The van der Waals surface area contributed by atoms with E-state index in [1.54, 1.807) is 0 Å². The maximum atomic E-state index is 12.5. The molecule has 0 aromatic heterocycles. The zero-order valence-corrected chi connectivity index (χ0v) is 33.1. The van der Waals surface area contributed by atoms with Crippen molar-refractivity contribution in [1.29, 1.82) is 0 Å². The Balaban J connectivity index is 4.46. The van der Waals surface area contributed by atoms with Gasteiger partial charge < -0.3 is 24.6 Å². The SMILES string of the molecule is CCCC/C=C\C/C=C\CCCCCCCC(=O)OC[C@H](COP(=O)(O)OC[C@@H](O)CO)OC(=O)CCCC/C=C\C/C=C\C/C=C\CCCCC. The summed E-state index contributed by atoms with van der Waals surface area (Å²) in [7, 11) is -4.63. The van der Waals surface area contributed by atoms with Crippen molar-refractivity contribution < 1.29 is 47.8 Å². The van der Waals surface area contributed by atoms with Crippen molar-refractivity contribution in [3.8, 4) is 0 Å². The van der Waals surface area contributed by atoms with Crippen LogP contribution in [0.5, 0.6) is 0 Å². The van der Waals surface area contributed by atoms with Gasteiger partial charge in [-0.2, -0.15) is 0 Å². The molecule has 0 amide bonds. The van der Waals surface area contributed by atoms with Crippen LogP contribution in [0, 0.1) is 0 Å². The van der Waals surface area contributed by atoms with E-state index in [2.05, 4.69) is 79.1 Å². The van der Waals surface area contributed by atoms with Crippen molar-refractivity contribution in [1.82, 2.24) is 0 Å². The first-order valence-electron chi connectivity index (χ1n) is 19.7. The number of hydrogen-bond donors (Lipinski definition) is 3. The van der Waals surface area contributed by atoms with E-state index in [0.29, 0.717) is 12.8 Å². The van der Waals surface area contributed by atoms with Gasteiger partial charge in [-0.05, 0) is 77.0 Å². The summed E-state index contributed by atoms with van der Waals surface area (Å²) in [6.07, 6.45) is 39.0. The maximum Gasteiger partial charge on any atom is 0.472 e. The van der Waals surface area contributed by atoms with Gasteiger partial charge in [0.05, 0.1) is 19.8 Å². The average Bonchev–Trinajstić information content (AvgIpc) is 3.13. The Morgan fingerprint density at radius 2 is 1.02 bits per heavy atom. The van der Waals surface area contributed by atoms with E-state index in [1.807, 2.05) is 0 Å². The number of unbranched alkanes of at least 4 members (excludes halogenated alkanes) is 12. The molecular formula is C41H71O10P. The molecule has 0 aliphatic heterocycles. The van der Waals surface area contributed by atoms with E-state index in [0.717, 1.165) is 77.0 Å². The zero-order valence-electron chi connectivity index (χ0n) is 32.3. The van der Waals surface area contributed by atoms with Crippen molar-refractivity contribution in [2.75, 3.05) is 26.4 Å². The number of rotatable bonds is 36. The van der Waals surface area contributed by atoms with E-state index in [1.165, 1.54) is 32.1 Å². The number of aliphatic hydroxyl groups is 2. The number of aliphatic hydroxyl groups excluding tert-OH is 2. The molecular weight excluding hydrogens is 683 g/mol. The molecule has 0 aromatic rings. The Kier molecular flexibility index (Phi) is 35.3. The quantitative estimate of drug-likeness (QED) is 0.0244. The van der Waals surface area contributed by atoms with E-state index < -0.39 is 51.8 Å². The molecule has 0 spiro atoms. The summed E-state index contributed by atoms with van der Waals surface area (Å²) in [5.41, 5.74) is 0. The fourth-order valence-corrected chi connectivity index (χ4v) is 5.57. The predicted octanol–water partition coefficient (Wildman–Crippen LogP) is 9.94. The summed E-state index contributed by atoms with van der Waals surface area (Å²) in [5.74, 6) is -0.993. The van der Waals surface area contributed by atoms with Crippen molar-refractivity contribution >= 4 is 19.8 Å². The smallest absolute Gasteiger partial charge is 0.462 e. The second-order valence-corrected chi connectivity index (χ2v) is 14.4. The lowest BCUT2D eigenvalue weighted by molar-refractivity contribution is -0.161. The van der Waals surface area contributed by atoms with E-state index in [4.69, 9.17) is 19.1 Å². The van der Waals surface area contributed by atoms with Crippen LogP contribution in [0.25, 0.3) is 0 Å². The van der Waals surface area contributed by atoms with Crippen LogP contribution < -0.4 is 0 Å². The van der Waals surface area contributed by atoms with Crippen LogP contribution in [0.3, 0.4) is 0 Å². The normalized spacial score (nSPS) is 14.6. The summed E-state index contributed by atoms with van der Waals surface area (Å²) in [4.78, 5) is 34.8. The first-order valence-corrected chi connectivity index (χ1v) is 21.2. The molecule has 0 aliphatic carbocycles. The van der Waals surface area contributed by atoms with Crippen LogP contribution >= 0.6 is 7.82 Å². The molecule has 10 nitrogen and oxygen atoms in total. The molecule has 1 unspecified atom stereocenters. The highest BCUT2D eigenvalue weighted by atomic mass is 31.2. The molecule has 11 heteroatoms. The second kappa shape index (κ2) is 37.0. The van der Waals surface area contributed by atoms with Crippen molar-refractivity contribution in [3.05, 3.63) is 60.8 Å². The highest BCUT2D eigenvalue weighted by Crippen LogP contribution is 2.43. The van der Waals surface area contributed by atoms with Gasteiger partial charge in [-0.25, -0.2) is 4.57 Å². The summed E-state index contributed by atoms with van der Waals surface area (Å²) in [5, 5.41) is 18.3. The molecule has 0 heterocycles. The lowest BCUT2D eigenvalue weighted by Crippen LogP contribution is -2.29. The van der Waals surface area contributed by atoms with Crippen LogP contribution in [-0.4, -0.2) is 65.7 Å². The van der Waals surface area contributed by atoms with Gasteiger partial charge in [0.15, 0.2) is 6.10 Å². The highest BCUT2D eigenvalue weighted by molar-refractivity contribution is 7.47. The van der Waals surface area contributed by atoms with Gasteiger partial charge in [-0.15, -0.1) is 0 Å². The minimum atomic E-state index is -4.63. The summed E-state index contributed by atoms with van der Waals surface area (Å²) in [6, 6.07) is 0. The number of allylic oxidation sites excluding steroid dienone is 10. The Labute approximate surface area is 315 Å². The lowest BCUT2D eigenvalue weighted by Gasteiger charge is -2.20. The Morgan fingerprint density at radius 1 is 0.577 bits per heavy atom. The third-order valence-electron chi connectivity index (χ3n) is 7.89. The standard InChI is InChI=1S/C41H71O10P/c1-3-5-7-9-11-13-15-17-19-21-23-25-27-29-31-33-41(45)51-39(37-50-52(46,47)49-35-38(43)34-42)36-48-40(44)32-30-28-26-24-22-20-18-16-14-12-10-8-6-4-2/h10-13,16-19,23,25,38-39,42-43H,3-9,14-15,20-22,24,26-37H2,1-2H3,(H,46,47)/b12-10-,13-11-,18-16-,19-17-,25-23-/t38-,39+/m0/s1. The van der Waals surface area contributed by atoms with Gasteiger partial charge in [0.1, 0.15) is 12.7 Å². The molecule has 3 atom stereocenters. The van der Waals surface area contributed by atoms with Crippen molar-refractivity contribution in [2.45, 2.75) is 161 Å². The Hall–Kier alpha value is -2.33. The Morgan fingerprint density at radius 3 is 1.60 bits per heavy atom. The molecule has 0 aliphatic rings. The van der Waals surface area contributed by atoms with Gasteiger partial charge in [-0.3, -0.25) is 18.6 Å². The molecule has 52 heavy (non-hydrogen) atoms. The zero-order chi connectivity index (χ0) is 38.4. The molecule has 0 saturated heterocycles. The summed E-state index contributed by atoms with van der Waals surface area (Å²) in [6.45, 7) is 2.22. The van der Waals surface area contributed by atoms with Crippen LogP contribution in [0.4, 0.5) is 0 Å². The predicted molar refractivity (Wildman–Crippen MR) is 210 cm³/mol. The third-order valence-corrected chi connectivity index (χ3v) is 8.85. The fourth-order valence-electron chi connectivity index (χ4n) is 4.78. The first kappa shape index (κ1) is 49.7. The third kappa shape index (κ3) is 36.0. The van der Waals surface area contributed by atoms with Crippen LogP contribution in [0.1, 0.15) is 149 Å². The van der Waals surface area contributed by atoms with Gasteiger partial charge >= 0.3 is 19.8 Å². The number of carbonyl (C=O) groups is 2. The topological polar surface area (TPSA) is 149 Å². The fraction of sp³-hybridized carbons (Fsp3) is 0.707. The molecule has 0 bridgehead atoms. The Bertz CT molecular complexity index is 1050. The van der Waals surface area contributed by atoms with E-state index in [-0.39, 0.29) is 19.4 Å². The largest absolute Gasteiger partial charge is 0.472 e. The monoisotopic (exact) mass is 754 g/mol. The van der Waals surface area contributed by atoms with E-state index >= 15 is 0 Å². The second-order valence-electron chi connectivity index (χ2n) is 12.9. The van der Waals surface area contributed by atoms with Crippen LogP contribution in [0.2, 0.25) is 0 Å². The summed E-state index contributed by atoms with van der Waals surface area (Å²) < 4.78 is 32.6. The highest BCUT2D eigenvalue weighted by Gasteiger charge is 2.27. The molecule has 0 radical (unpaired) electrons. The first-order chi connectivity index (χ1) is 25.2. The van der Waals surface area contributed by atoms with Gasteiger partial charge in [0, 0.05) is 12.8 Å². The molecule has 0 fully saturated rings. The molecule has 0 aromatic carbocycles. The van der Waals surface area contributed by atoms with Gasteiger partial charge in [0.25, 0.3) is 0 Å². The minimum Gasteiger partial charge on any atom is -0.462 e. The number of carbonyl (C=O) groups excluding carboxylic acids is 2. The van der Waals surface area contributed by atoms with Crippen molar-refractivity contribution in [2.24, 2.45) is 0 Å². The molecule has 3 N–H and O–H groups in total. The molecule has 0 rings (SSSR count). The van der Waals surface area contributed by atoms with Crippen LogP contribution in [-0.2, 0) is 32.7 Å². The number of hydrogen-bond acceptors (Lipinski definition) is 9. The minimum absolute atomic E-state index is 0.130. The molecule has 0 saturated carbocycles. The summed E-state index contributed by atoms with van der Waals surface area (Å²) >= 11 is 0. The maximum absolute atomic E-state index is 12.5. The molecule has 300 valence electrons. The number of esters is 2. The number of phosphoric acid groups is 1. The van der Waals surface area contributed by atoms with E-state index in [9.17, 15) is 24.2 Å². The van der Waals surface area contributed by atoms with Gasteiger partial charge in [0.2, 0.25) is 0 Å². The number of ether oxygens (including phenoxy) is 2. The van der Waals surface area contributed by atoms with Crippen LogP contribution in [0.15, 0.2) is 60.8 Å². The average molecular weight is 755 g/mol. The van der Waals surface area contributed by atoms with Crippen molar-refractivity contribution in [3.63, 3.8) is 0 Å². The lowest BCUT2D eigenvalue weighted by atomic mass is 10.1. The van der Waals surface area contributed by atoms with Gasteiger partial charge in [-0.1, -0.05) is 120 Å². The number of phosphoric ester groups is 1.